The van der Waals surface area contributed by atoms with Crippen LogP contribution in [0.3, 0.4) is 0 Å². The monoisotopic (exact) mass is 269 g/mol. The molecular formula is C11H15N3O3S. The van der Waals surface area contributed by atoms with Crippen LogP contribution in [0.15, 0.2) is 24.4 Å². The number of carbonyl (C=O) groups excluding carboxylic acids is 1. The summed E-state index contributed by atoms with van der Waals surface area (Å²) in [6, 6.07) is 5.40. The molecule has 2 heterocycles. The molecule has 1 aromatic heterocycles. The maximum atomic E-state index is 12.0. The zero-order valence-corrected chi connectivity index (χ0v) is 10.7. The van der Waals surface area contributed by atoms with Crippen molar-refractivity contribution in [2.45, 2.75) is 6.42 Å². The van der Waals surface area contributed by atoms with Crippen molar-refractivity contribution in [2.75, 3.05) is 25.4 Å². The van der Waals surface area contributed by atoms with Crippen LogP contribution >= 0.6 is 0 Å². The number of carbonyl (C=O) groups is 1. The highest BCUT2D eigenvalue weighted by Crippen LogP contribution is 2.06. The molecule has 2 rings (SSSR count). The van der Waals surface area contributed by atoms with Crippen molar-refractivity contribution < 1.29 is 13.2 Å². The Morgan fingerprint density at radius 1 is 1.39 bits per heavy atom. The quantitative estimate of drug-likeness (QED) is 0.790. The number of piperazine rings is 1. The molecule has 1 aliphatic heterocycles. The molecule has 1 aliphatic rings. The minimum Gasteiger partial charge on any atom is -0.354 e. The summed E-state index contributed by atoms with van der Waals surface area (Å²) in [7, 11) is -3.38. The molecule has 0 radical (unpaired) electrons. The third-order valence-corrected chi connectivity index (χ3v) is 4.56. The average molecular weight is 269 g/mol. The Bertz CT molecular complexity index is 516. The second kappa shape index (κ2) is 5.45. The maximum Gasteiger partial charge on any atom is 0.235 e. The molecule has 0 unspecified atom stereocenters. The second-order valence-corrected chi connectivity index (χ2v) is 6.16. The Morgan fingerprint density at radius 2 is 2.22 bits per heavy atom. The third-order valence-electron chi connectivity index (χ3n) is 2.74. The van der Waals surface area contributed by atoms with E-state index >= 15 is 0 Å². The standard InChI is InChI=1S/C11H15N3O3S/c15-11-9-14(7-6-13-11)18(16,17)8-4-10-3-1-2-5-12-10/h1-3,5H,4,6-9H2,(H,13,15). The lowest BCUT2D eigenvalue weighted by molar-refractivity contribution is -0.122. The van der Waals surface area contributed by atoms with Gasteiger partial charge < -0.3 is 5.32 Å². The Hall–Kier alpha value is -1.47. The highest BCUT2D eigenvalue weighted by atomic mass is 32.2. The van der Waals surface area contributed by atoms with Gasteiger partial charge in [-0.25, -0.2) is 8.42 Å². The number of hydrogen-bond acceptors (Lipinski definition) is 4. The lowest BCUT2D eigenvalue weighted by atomic mass is 10.3. The predicted octanol–water partition coefficient (Wildman–Crippen LogP) is -0.614. The zero-order chi connectivity index (χ0) is 13.0. The van der Waals surface area contributed by atoms with E-state index in [0.29, 0.717) is 19.5 Å². The molecule has 1 amide bonds. The summed E-state index contributed by atoms with van der Waals surface area (Å²) in [5.41, 5.74) is 0.738. The first-order valence-corrected chi connectivity index (χ1v) is 7.33. The van der Waals surface area contributed by atoms with E-state index < -0.39 is 10.0 Å². The van der Waals surface area contributed by atoms with Gasteiger partial charge in [0.05, 0.1) is 12.3 Å². The number of nitrogens with one attached hydrogen (secondary N) is 1. The number of sulfonamides is 1. The molecule has 98 valence electrons. The van der Waals surface area contributed by atoms with Gasteiger partial charge >= 0.3 is 0 Å². The first-order chi connectivity index (χ1) is 8.58. The first-order valence-electron chi connectivity index (χ1n) is 5.72. The SMILES string of the molecule is O=C1CN(S(=O)(=O)CCc2ccccn2)CCN1. The molecule has 0 atom stereocenters. The Balaban J connectivity index is 1.97. The molecule has 0 spiro atoms. The van der Waals surface area contributed by atoms with E-state index in [1.54, 1.807) is 18.3 Å². The van der Waals surface area contributed by atoms with Crippen LogP contribution in [-0.2, 0) is 21.2 Å². The lowest BCUT2D eigenvalue weighted by Crippen LogP contribution is -2.50. The minimum absolute atomic E-state index is 0.0166. The molecule has 18 heavy (non-hydrogen) atoms. The average Bonchev–Trinajstić information content (AvgIpc) is 2.38. The van der Waals surface area contributed by atoms with Crippen LogP contribution in [0.1, 0.15) is 5.69 Å². The van der Waals surface area contributed by atoms with Gasteiger partial charge in [-0.15, -0.1) is 0 Å². The molecule has 6 nitrogen and oxygen atoms in total. The van der Waals surface area contributed by atoms with Gasteiger partial charge in [-0.3, -0.25) is 9.78 Å². The van der Waals surface area contributed by atoms with Gasteiger partial charge in [0.1, 0.15) is 0 Å². The number of amides is 1. The van der Waals surface area contributed by atoms with Crippen molar-refractivity contribution in [2.24, 2.45) is 0 Å². The van der Waals surface area contributed by atoms with E-state index in [1.807, 2.05) is 6.07 Å². The van der Waals surface area contributed by atoms with Crippen molar-refractivity contribution in [3.8, 4) is 0 Å². The molecule has 1 fully saturated rings. The number of pyridine rings is 1. The summed E-state index contributed by atoms with van der Waals surface area (Å²) < 4.78 is 25.3. The summed E-state index contributed by atoms with van der Waals surface area (Å²) in [5, 5.41) is 2.60. The minimum atomic E-state index is -3.38. The summed E-state index contributed by atoms with van der Waals surface area (Å²) >= 11 is 0. The summed E-state index contributed by atoms with van der Waals surface area (Å²) in [4.78, 5) is 15.2. The van der Waals surface area contributed by atoms with Gasteiger partial charge in [0.15, 0.2) is 0 Å². The van der Waals surface area contributed by atoms with Crippen LogP contribution in [0.4, 0.5) is 0 Å². The van der Waals surface area contributed by atoms with Crippen LogP contribution in [0.25, 0.3) is 0 Å². The van der Waals surface area contributed by atoms with Gasteiger partial charge in [0.2, 0.25) is 15.9 Å². The largest absolute Gasteiger partial charge is 0.354 e. The summed E-state index contributed by atoms with van der Waals surface area (Å²) in [6.45, 7) is 0.641. The number of nitrogens with zero attached hydrogens (tertiary/aromatic N) is 2. The zero-order valence-electron chi connectivity index (χ0n) is 9.87. The van der Waals surface area contributed by atoms with Crippen LogP contribution in [-0.4, -0.2) is 49.0 Å². The van der Waals surface area contributed by atoms with E-state index in [1.165, 1.54) is 4.31 Å². The molecule has 0 bridgehead atoms. The molecule has 0 aromatic carbocycles. The molecule has 7 heteroatoms. The van der Waals surface area contributed by atoms with Gasteiger partial charge in [-0.05, 0) is 12.1 Å². The molecule has 1 aromatic rings. The number of aryl methyl sites for hydroxylation is 1. The fourth-order valence-corrected chi connectivity index (χ4v) is 3.17. The van der Waals surface area contributed by atoms with Crippen molar-refractivity contribution in [1.82, 2.24) is 14.6 Å². The number of rotatable bonds is 4. The Morgan fingerprint density at radius 3 is 2.89 bits per heavy atom. The summed E-state index contributed by atoms with van der Waals surface area (Å²) in [6.07, 6.45) is 2.00. The van der Waals surface area contributed by atoms with Gasteiger partial charge in [-0.1, -0.05) is 6.07 Å². The van der Waals surface area contributed by atoms with Gasteiger partial charge in [0.25, 0.3) is 0 Å². The fourth-order valence-electron chi connectivity index (χ4n) is 1.76. The van der Waals surface area contributed by atoms with Crippen LogP contribution in [0.5, 0.6) is 0 Å². The maximum absolute atomic E-state index is 12.0. The number of aromatic nitrogens is 1. The first kappa shape index (κ1) is 13.0. The predicted molar refractivity (Wildman–Crippen MR) is 66.3 cm³/mol. The van der Waals surface area contributed by atoms with Gasteiger partial charge in [-0.2, -0.15) is 4.31 Å². The van der Waals surface area contributed by atoms with Crippen molar-refractivity contribution in [3.63, 3.8) is 0 Å². The molecule has 1 saturated heterocycles. The topological polar surface area (TPSA) is 79.4 Å². The van der Waals surface area contributed by atoms with E-state index in [-0.39, 0.29) is 18.2 Å². The van der Waals surface area contributed by atoms with Crippen LogP contribution in [0, 0.1) is 0 Å². The van der Waals surface area contributed by atoms with E-state index in [4.69, 9.17) is 0 Å². The molecule has 1 N–H and O–H groups in total. The van der Waals surface area contributed by atoms with E-state index in [9.17, 15) is 13.2 Å². The molecule has 0 saturated carbocycles. The van der Waals surface area contributed by atoms with Crippen molar-refractivity contribution in [3.05, 3.63) is 30.1 Å². The number of hydrogen-bond donors (Lipinski definition) is 1. The molecule has 0 aliphatic carbocycles. The lowest BCUT2D eigenvalue weighted by Gasteiger charge is -2.25. The Labute approximate surface area is 106 Å². The summed E-state index contributed by atoms with van der Waals surface area (Å²) in [5.74, 6) is -0.264. The van der Waals surface area contributed by atoms with Crippen LogP contribution in [0.2, 0.25) is 0 Å². The Kier molecular flexibility index (Phi) is 3.93. The van der Waals surface area contributed by atoms with E-state index in [2.05, 4.69) is 10.3 Å². The molecular weight excluding hydrogens is 254 g/mol. The van der Waals surface area contributed by atoms with Crippen molar-refractivity contribution in [1.29, 1.82) is 0 Å². The highest BCUT2D eigenvalue weighted by Gasteiger charge is 2.27. The highest BCUT2D eigenvalue weighted by molar-refractivity contribution is 7.89. The van der Waals surface area contributed by atoms with Crippen molar-refractivity contribution >= 4 is 15.9 Å². The second-order valence-electron chi connectivity index (χ2n) is 4.07. The fraction of sp³-hybridized carbons (Fsp3) is 0.455. The normalized spacial score (nSPS) is 17.4. The van der Waals surface area contributed by atoms with Crippen LogP contribution < -0.4 is 5.32 Å². The van der Waals surface area contributed by atoms with E-state index in [0.717, 1.165) is 5.69 Å². The smallest absolute Gasteiger partial charge is 0.235 e. The van der Waals surface area contributed by atoms with Gasteiger partial charge in [0, 0.05) is 31.4 Å². The third kappa shape index (κ3) is 3.27.